The Bertz CT molecular complexity index is 402. The summed E-state index contributed by atoms with van der Waals surface area (Å²) in [5.41, 5.74) is 0.986. The van der Waals surface area contributed by atoms with Crippen LogP contribution in [0.4, 0.5) is 0 Å². The van der Waals surface area contributed by atoms with Crippen molar-refractivity contribution in [3.8, 4) is 0 Å². The molecule has 20 heavy (non-hydrogen) atoms. The summed E-state index contributed by atoms with van der Waals surface area (Å²) in [4.78, 5) is 6.86. The van der Waals surface area contributed by atoms with E-state index >= 15 is 0 Å². The summed E-state index contributed by atoms with van der Waals surface area (Å²) in [5.74, 6) is 0.505. The van der Waals surface area contributed by atoms with E-state index in [2.05, 4.69) is 16.8 Å². The van der Waals surface area contributed by atoms with Crippen molar-refractivity contribution >= 4 is 22.9 Å². The van der Waals surface area contributed by atoms with Gasteiger partial charge < -0.3 is 9.84 Å². The molecular weight excluding hydrogens is 296 g/mol. The highest BCUT2D eigenvalue weighted by Gasteiger charge is 2.23. The van der Waals surface area contributed by atoms with Crippen LogP contribution in [0, 0.1) is 0 Å². The molecule has 114 valence electrons. The molecule has 0 amide bonds. The van der Waals surface area contributed by atoms with Gasteiger partial charge in [0.2, 0.25) is 0 Å². The van der Waals surface area contributed by atoms with Gasteiger partial charge in [-0.25, -0.2) is 4.98 Å². The lowest BCUT2D eigenvalue weighted by molar-refractivity contribution is -0.0952. The largest absolute Gasteiger partial charge is 0.394 e. The third-order valence-electron chi connectivity index (χ3n) is 3.46. The first-order chi connectivity index (χ1) is 9.71. The predicted octanol–water partition coefficient (Wildman–Crippen LogP) is 2.29. The number of aliphatic hydroxyl groups is 1. The molecular formula is C14H23ClN2O2S. The smallest absolute Gasteiger partial charge is 0.0936 e. The number of ether oxygens (including phenoxy) is 1. The second-order valence-corrected chi connectivity index (χ2v) is 6.54. The number of morpholine rings is 1. The van der Waals surface area contributed by atoms with Crippen LogP contribution in [0.25, 0.3) is 0 Å². The van der Waals surface area contributed by atoms with Gasteiger partial charge in [0.05, 0.1) is 35.4 Å². The molecule has 2 rings (SSSR count). The molecule has 0 aromatic carbocycles. The molecule has 2 atom stereocenters. The van der Waals surface area contributed by atoms with Crippen molar-refractivity contribution in [3.63, 3.8) is 0 Å². The fraction of sp³-hybridized carbons (Fsp3) is 0.786. The van der Waals surface area contributed by atoms with Crippen LogP contribution in [0.15, 0.2) is 5.38 Å². The van der Waals surface area contributed by atoms with Crippen LogP contribution in [0.3, 0.4) is 0 Å². The normalized spacial score (nSPS) is 24.1. The maximum absolute atomic E-state index is 9.20. The van der Waals surface area contributed by atoms with E-state index in [9.17, 15) is 5.11 Å². The number of aryl methyl sites for hydroxylation is 1. The number of aliphatic hydroxyl groups excluding tert-OH is 1. The third-order valence-corrected chi connectivity index (χ3v) is 4.69. The number of rotatable bonds is 7. The molecule has 1 N–H and O–H groups in total. The molecule has 6 heteroatoms. The van der Waals surface area contributed by atoms with E-state index in [1.807, 2.05) is 5.38 Å². The van der Waals surface area contributed by atoms with E-state index in [1.165, 1.54) is 5.01 Å². The van der Waals surface area contributed by atoms with Gasteiger partial charge in [-0.05, 0) is 32.7 Å². The molecule has 0 bridgehead atoms. The van der Waals surface area contributed by atoms with Crippen LogP contribution in [0.1, 0.15) is 30.5 Å². The van der Waals surface area contributed by atoms with Gasteiger partial charge in [-0.15, -0.1) is 22.9 Å². The predicted molar refractivity (Wildman–Crippen MR) is 82.5 cm³/mol. The lowest BCUT2D eigenvalue weighted by Crippen LogP contribution is -2.48. The van der Waals surface area contributed by atoms with Gasteiger partial charge in [-0.2, -0.15) is 0 Å². The molecule has 1 aromatic heterocycles. The Morgan fingerprint density at radius 1 is 1.50 bits per heavy atom. The highest BCUT2D eigenvalue weighted by atomic mass is 35.5. The first-order valence-electron chi connectivity index (χ1n) is 7.19. The van der Waals surface area contributed by atoms with Crippen LogP contribution in [-0.2, 0) is 17.0 Å². The summed E-state index contributed by atoms with van der Waals surface area (Å²) in [6, 6.07) is 0. The Labute approximate surface area is 129 Å². The lowest BCUT2D eigenvalue weighted by Gasteiger charge is -2.36. The third kappa shape index (κ3) is 4.97. The second kappa shape index (κ2) is 8.29. The van der Waals surface area contributed by atoms with Crippen molar-refractivity contribution in [3.05, 3.63) is 16.1 Å². The minimum atomic E-state index is -0.0241. The molecule has 2 unspecified atom stereocenters. The fourth-order valence-corrected chi connectivity index (χ4v) is 3.63. The second-order valence-electron chi connectivity index (χ2n) is 5.33. The topological polar surface area (TPSA) is 45.6 Å². The number of thiazole rings is 1. The van der Waals surface area contributed by atoms with Crippen molar-refractivity contribution in [1.29, 1.82) is 0 Å². The van der Waals surface area contributed by atoms with Gasteiger partial charge in [-0.3, -0.25) is 4.90 Å². The van der Waals surface area contributed by atoms with Gasteiger partial charge in [0.25, 0.3) is 0 Å². The summed E-state index contributed by atoms with van der Waals surface area (Å²) in [5, 5.41) is 12.4. The van der Waals surface area contributed by atoms with Crippen LogP contribution in [0.5, 0.6) is 0 Å². The van der Waals surface area contributed by atoms with Crippen LogP contribution >= 0.6 is 22.9 Å². The summed E-state index contributed by atoms with van der Waals surface area (Å²) >= 11 is 7.45. The molecule has 0 aliphatic carbocycles. The van der Waals surface area contributed by atoms with Gasteiger partial charge in [0.1, 0.15) is 0 Å². The molecule has 1 aliphatic rings. The highest BCUT2D eigenvalue weighted by Crippen LogP contribution is 2.15. The summed E-state index contributed by atoms with van der Waals surface area (Å²) in [7, 11) is 0. The van der Waals surface area contributed by atoms with Crippen molar-refractivity contribution in [1.82, 2.24) is 9.88 Å². The minimum Gasteiger partial charge on any atom is -0.394 e. The van der Waals surface area contributed by atoms with Crippen molar-refractivity contribution in [2.24, 2.45) is 0 Å². The first-order valence-corrected chi connectivity index (χ1v) is 8.60. The number of alkyl halides is 1. The lowest BCUT2D eigenvalue weighted by atomic mass is 10.2. The van der Waals surface area contributed by atoms with E-state index in [-0.39, 0.29) is 18.8 Å². The monoisotopic (exact) mass is 318 g/mol. The average molecular weight is 319 g/mol. The number of halogens is 1. The van der Waals surface area contributed by atoms with Crippen molar-refractivity contribution in [2.45, 2.75) is 44.3 Å². The highest BCUT2D eigenvalue weighted by molar-refractivity contribution is 7.09. The molecule has 0 radical (unpaired) electrons. The Kier molecular flexibility index (Phi) is 6.71. The van der Waals surface area contributed by atoms with Crippen LogP contribution < -0.4 is 0 Å². The standard InChI is InChI=1S/C14H23ClN2O2S/c1-11-7-17(8-13(9-18)19-11)5-3-2-4-14-16-12(6-15)10-20-14/h10-11,13,18H,2-9H2,1H3. The maximum atomic E-state index is 9.20. The molecule has 0 spiro atoms. The zero-order chi connectivity index (χ0) is 14.4. The number of aromatic nitrogens is 1. The average Bonchev–Trinajstić information content (AvgIpc) is 2.91. The van der Waals surface area contributed by atoms with E-state index in [0.29, 0.717) is 5.88 Å². The number of hydrogen-bond acceptors (Lipinski definition) is 5. The quantitative estimate of drug-likeness (QED) is 0.619. The SMILES string of the molecule is CC1CN(CCCCc2nc(CCl)cs2)CC(CO)O1. The number of nitrogens with zero attached hydrogens (tertiary/aromatic N) is 2. The van der Waals surface area contributed by atoms with Gasteiger partial charge in [0, 0.05) is 18.5 Å². The van der Waals surface area contributed by atoms with Crippen molar-refractivity contribution in [2.75, 3.05) is 26.2 Å². The molecule has 1 fully saturated rings. The zero-order valence-corrected chi connectivity index (χ0v) is 13.5. The molecule has 1 saturated heterocycles. The van der Waals surface area contributed by atoms with Crippen molar-refractivity contribution < 1.29 is 9.84 Å². The first kappa shape index (κ1) is 16.2. The summed E-state index contributed by atoms with van der Waals surface area (Å²) in [6.45, 7) is 5.05. The number of unbranched alkanes of at least 4 members (excludes halogenated alkanes) is 1. The molecule has 1 aliphatic heterocycles. The van der Waals surface area contributed by atoms with Crippen LogP contribution in [0.2, 0.25) is 0 Å². The fourth-order valence-electron chi connectivity index (χ4n) is 2.56. The van der Waals surface area contributed by atoms with E-state index in [4.69, 9.17) is 16.3 Å². The number of hydrogen-bond donors (Lipinski definition) is 1. The Morgan fingerprint density at radius 3 is 3.05 bits per heavy atom. The van der Waals surface area contributed by atoms with E-state index in [1.54, 1.807) is 11.3 Å². The van der Waals surface area contributed by atoms with Gasteiger partial charge >= 0.3 is 0 Å². The van der Waals surface area contributed by atoms with Gasteiger partial charge in [0.15, 0.2) is 0 Å². The van der Waals surface area contributed by atoms with Crippen LogP contribution in [-0.4, -0.2) is 53.4 Å². The summed E-state index contributed by atoms with van der Waals surface area (Å²) < 4.78 is 5.64. The molecule has 4 nitrogen and oxygen atoms in total. The molecule has 0 saturated carbocycles. The Hall–Kier alpha value is -0.200. The Morgan fingerprint density at radius 2 is 2.35 bits per heavy atom. The van der Waals surface area contributed by atoms with Gasteiger partial charge in [-0.1, -0.05) is 0 Å². The minimum absolute atomic E-state index is 0.0241. The Balaban J connectivity index is 1.65. The maximum Gasteiger partial charge on any atom is 0.0936 e. The molecule has 2 heterocycles. The zero-order valence-electron chi connectivity index (χ0n) is 11.9. The van der Waals surface area contributed by atoms with E-state index in [0.717, 1.165) is 44.6 Å². The summed E-state index contributed by atoms with van der Waals surface area (Å²) in [6.07, 6.45) is 3.52. The van der Waals surface area contributed by atoms with E-state index < -0.39 is 0 Å². The molecule has 1 aromatic rings.